The summed E-state index contributed by atoms with van der Waals surface area (Å²) in [5.41, 5.74) is 2.56. The molecule has 0 radical (unpaired) electrons. The molecule has 2 amide bonds. The summed E-state index contributed by atoms with van der Waals surface area (Å²) in [5.74, 6) is -0.106. The maximum Gasteiger partial charge on any atom is 0.267 e. The Morgan fingerprint density at radius 1 is 1.29 bits per heavy atom. The molecule has 2 N–H and O–H groups in total. The molecule has 0 unspecified atom stereocenters. The van der Waals surface area contributed by atoms with Crippen LogP contribution in [-0.2, 0) is 16.6 Å². The minimum atomic E-state index is -0.152. The molecule has 2 aromatic rings. The number of thiazole rings is 1. The molecular formula is C18H21N3O2S. The van der Waals surface area contributed by atoms with Gasteiger partial charge in [-0.2, -0.15) is 0 Å². The van der Waals surface area contributed by atoms with Crippen molar-refractivity contribution in [3.63, 3.8) is 0 Å². The molecule has 126 valence electrons. The number of carbonyl (C=O) groups excluding carboxylic acids is 2. The van der Waals surface area contributed by atoms with Crippen LogP contribution in [-0.4, -0.2) is 16.8 Å². The first-order valence-corrected chi connectivity index (χ1v) is 8.85. The van der Waals surface area contributed by atoms with Gasteiger partial charge >= 0.3 is 0 Å². The zero-order valence-electron chi connectivity index (χ0n) is 14.1. The van der Waals surface area contributed by atoms with E-state index in [1.165, 1.54) is 11.3 Å². The highest BCUT2D eigenvalue weighted by Gasteiger charge is 2.20. The molecule has 6 heteroatoms. The van der Waals surface area contributed by atoms with Gasteiger partial charge in [-0.1, -0.05) is 20.8 Å². The number of fused-ring (bicyclic) bond motifs is 1. The summed E-state index contributed by atoms with van der Waals surface area (Å²) in [4.78, 5) is 29.0. The van der Waals surface area contributed by atoms with Gasteiger partial charge in [0.2, 0.25) is 5.91 Å². The van der Waals surface area contributed by atoms with Crippen molar-refractivity contribution in [3.05, 3.63) is 39.8 Å². The summed E-state index contributed by atoms with van der Waals surface area (Å²) in [5, 5.41) is 6.76. The monoisotopic (exact) mass is 343 g/mol. The third-order valence-electron chi connectivity index (χ3n) is 3.86. The van der Waals surface area contributed by atoms with Gasteiger partial charge in [0.25, 0.3) is 5.91 Å². The van der Waals surface area contributed by atoms with E-state index in [9.17, 15) is 9.59 Å². The van der Waals surface area contributed by atoms with Crippen molar-refractivity contribution < 1.29 is 9.59 Å². The topological polar surface area (TPSA) is 71.1 Å². The first-order chi connectivity index (χ1) is 11.3. The minimum absolute atomic E-state index is 0.0462. The number of amides is 2. The summed E-state index contributed by atoms with van der Waals surface area (Å²) in [6.07, 6.45) is 3.81. The SMILES string of the molecule is CC(C)(C)c1ncc(C(=O)Nc2ccc3c(c2)CCCC(=O)N3)s1. The fourth-order valence-electron chi connectivity index (χ4n) is 2.57. The molecular weight excluding hydrogens is 322 g/mol. The third-order valence-corrected chi connectivity index (χ3v) is 5.28. The van der Waals surface area contributed by atoms with Crippen LogP contribution in [0.3, 0.4) is 0 Å². The predicted molar refractivity (Wildman–Crippen MR) is 96.8 cm³/mol. The van der Waals surface area contributed by atoms with E-state index in [0.29, 0.717) is 11.3 Å². The maximum absolute atomic E-state index is 12.4. The number of carbonyl (C=O) groups is 2. The molecule has 0 bridgehead atoms. The minimum Gasteiger partial charge on any atom is -0.326 e. The van der Waals surface area contributed by atoms with E-state index in [1.807, 2.05) is 18.2 Å². The van der Waals surface area contributed by atoms with Crippen molar-refractivity contribution in [1.29, 1.82) is 0 Å². The van der Waals surface area contributed by atoms with Crippen molar-refractivity contribution >= 4 is 34.5 Å². The van der Waals surface area contributed by atoms with Gasteiger partial charge in [-0.25, -0.2) is 4.98 Å². The van der Waals surface area contributed by atoms with Crippen molar-refractivity contribution in [2.45, 2.75) is 45.4 Å². The van der Waals surface area contributed by atoms with E-state index in [0.717, 1.165) is 34.8 Å². The number of hydrogen-bond acceptors (Lipinski definition) is 4. The molecule has 0 atom stereocenters. The van der Waals surface area contributed by atoms with Crippen LogP contribution < -0.4 is 10.6 Å². The number of anilines is 2. The van der Waals surface area contributed by atoms with Gasteiger partial charge in [0.1, 0.15) is 4.88 Å². The Kier molecular flexibility index (Phi) is 4.41. The molecule has 2 heterocycles. The zero-order chi connectivity index (χ0) is 17.3. The second-order valence-corrected chi connectivity index (χ2v) is 8.04. The fraction of sp³-hybridized carbons (Fsp3) is 0.389. The van der Waals surface area contributed by atoms with Gasteiger partial charge in [0.05, 0.1) is 11.2 Å². The van der Waals surface area contributed by atoms with E-state index in [-0.39, 0.29) is 17.2 Å². The van der Waals surface area contributed by atoms with Crippen LogP contribution in [0.2, 0.25) is 0 Å². The molecule has 0 saturated heterocycles. The lowest BCUT2D eigenvalue weighted by molar-refractivity contribution is -0.116. The van der Waals surface area contributed by atoms with E-state index < -0.39 is 0 Å². The van der Waals surface area contributed by atoms with Crippen LogP contribution in [0.5, 0.6) is 0 Å². The lowest BCUT2D eigenvalue weighted by atomic mass is 9.98. The van der Waals surface area contributed by atoms with Crippen LogP contribution in [0.25, 0.3) is 0 Å². The van der Waals surface area contributed by atoms with Crippen molar-refractivity contribution in [1.82, 2.24) is 4.98 Å². The smallest absolute Gasteiger partial charge is 0.267 e. The average molecular weight is 343 g/mol. The third kappa shape index (κ3) is 3.64. The van der Waals surface area contributed by atoms with Gasteiger partial charge in [-0.15, -0.1) is 11.3 Å². The number of nitrogens with zero attached hydrogens (tertiary/aromatic N) is 1. The molecule has 1 aliphatic rings. The number of hydrogen-bond donors (Lipinski definition) is 2. The van der Waals surface area contributed by atoms with E-state index in [4.69, 9.17) is 0 Å². The highest BCUT2D eigenvalue weighted by atomic mass is 32.1. The van der Waals surface area contributed by atoms with E-state index in [1.54, 1.807) is 6.20 Å². The summed E-state index contributed by atoms with van der Waals surface area (Å²) in [6.45, 7) is 6.23. The summed E-state index contributed by atoms with van der Waals surface area (Å²) in [6, 6.07) is 5.60. The molecule has 1 aromatic carbocycles. The number of nitrogens with one attached hydrogen (secondary N) is 2. The van der Waals surface area contributed by atoms with Gasteiger partial charge in [0.15, 0.2) is 0 Å². The molecule has 3 rings (SSSR count). The van der Waals surface area contributed by atoms with Crippen LogP contribution in [0.1, 0.15) is 53.9 Å². The van der Waals surface area contributed by atoms with Gasteiger partial charge in [-0.05, 0) is 36.6 Å². The fourth-order valence-corrected chi connectivity index (χ4v) is 3.44. The Hall–Kier alpha value is -2.21. The standard InChI is InChI=1S/C18H21N3O2S/c1-18(2,3)17-19-10-14(24-17)16(23)20-12-7-8-13-11(9-12)5-4-6-15(22)21-13/h7-10H,4-6H2,1-3H3,(H,20,23)(H,21,22). The Balaban J connectivity index is 1.76. The first-order valence-electron chi connectivity index (χ1n) is 8.03. The van der Waals surface area contributed by atoms with Gasteiger partial charge in [0, 0.05) is 23.2 Å². The Morgan fingerprint density at radius 2 is 2.08 bits per heavy atom. The molecule has 5 nitrogen and oxygen atoms in total. The van der Waals surface area contributed by atoms with Crippen LogP contribution in [0.4, 0.5) is 11.4 Å². The molecule has 0 aliphatic carbocycles. The molecule has 24 heavy (non-hydrogen) atoms. The second-order valence-electron chi connectivity index (χ2n) is 7.01. The quantitative estimate of drug-likeness (QED) is 0.867. The highest BCUT2D eigenvalue weighted by molar-refractivity contribution is 7.13. The highest BCUT2D eigenvalue weighted by Crippen LogP contribution is 2.28. The normalized spacial score (nSPS) is 14.5. The Bertz CT molecular complexity index is 790. The number of rotatable bonds is 2. The molecule has 0 fully saturated rings. The van der Waals surface area contributed by atoms with Crippen LogP contribution in [0.15, 0.2) is 24.4 Å². The maximum atomic E-state index is 12.4. The van der Waals surface area contributed by atoms with E-state index >= 15 is 0 Å². The summed E-state index contributed by atoms with van der Waals surface area (Å²) in [7, 11) is 0. The molecule has 1 aromatic heterocycles. The van der Waals surface area contributed by atoms with Gasteiger partial charge in [-0.3, -0.25) is 9.59 Å². The summed E-state index contributed by atoms with van der Waals surface area (Å²) >= 11 is 1.42. The zero-order valence-corrected chi connectivity index (χ0v) is 14.9. The number of benzene rings is 1. The Morgan fingerprint density at radius 3 is 2.79 bits per heavy atom. The van der Waals surface area contributed by atoms with Gasteiger partial charge < -0.3 is 10.6 Å². The van der Waals surface area contributed by atoms with Crippen LogP contribution >= 0.6 is 11.3 Å². The van der Waals surface area contributed by atoms with Crippen molar-refractivity contribution in [2.75, 3.05) is 10.6 Å². The van der Waals surface area contributed by atoms with Crippen molar-refractivity contribution in [2.24, 2.45) is 0 Å². The molecule has 0 spiro atoms. The average Bonchev–Trinajstić information content (AvgIpc) is 2.93. The predicted octanol–water partition coefficient (Wildman–Crippen LogP) is 3.97. The molecule has 1 aliphatic heterocycles. The summed E-state index contributed by atoms with van der Waals surface area (Å²) < 4.78 is 0. The second kappa shape index (κ2) is 6.36. The van der Waals surface area contributed by atoms with Crippen LogP contribution in [0, 0.1) is 0 Å². The number of aromatic nitrogens is 1. The lowest BCUT2D eigenvalue weighted by Crippen LogP contribution is -2.12. The largest absolute Gasteiger partial charge is 0.326 e. The molecule has 0 saturated carbocycles. The first kappa shape index (κ1) is 16.6. The lowest BCUT2D eigenvalue weighted by Gasteiger charge is -2.13. The number of aryl methyl sites for hydroxylation is 1. The van der Waals surface area contributed by atoms with E-state index in [2.05, 4.69) is 36.4 Å². The van der Waals surface area contributed by atoms with Crippen molar-refractivity contribution in [3.8, 4) is 0 Å². The Labute approximate surface area is 145 Å².